The van der Waals surface area contributed by atoms with Gasteiger partial charge in [-0.3, -0.25) is 9.59 Å². The van der Waals surface area contributed by atoms with Crippen LogP contribution in [-0.4, -0.2) is 42.8 Å². The van der Waals surface area contributed by atoms with Crippen LogP contribution in [-0.2, 0) is 24.5 Å². The van der Waals surface area contributed by atoms with Crippen molar-refractivity contribution >= 4 is 35.8 Å². The molecule has 0 saturated carbocycles. The maximum atomic E-state index is 13.3. The zero-order chi connectivity index (χ0) is 28.4. The predicted octanol–water partition coefficient (Wildman–Crippen LogP) is 4.85. The molecule has 0 spiro atoms. The van der Waals surface area contributed by atoms with E-state index in [1.165, 1.54) is 0 Å². The first-order chi connectivity index (χ1) is 18.6. The number of rotatable bonds is 13. The average Bonchev–Trinajstić information content (AvgIpc) is 3.33. The second-order valence-corrected chi connectivity index (χ2v) is 11.0. The number of aldehydes is 1. The molecular weight excluding hydrogens is 518 g/mol. The Labute approximate surface area is 235 Å². The zero-order valence-electron chi connectivity index (χ0n) is 22.7. The van der Waals surface area contributed by atoms with Gasteiger partial charge < -0.3 is 25.5 Å². The number of benzene rings is 2. The van der Waals surface area contributed by atoms with E-state index in [1.807, 2.05) is 69.3 Å². The Hall–Kier alpha value is -3.39. The summed E-state index contributed by atoms with van der Waals surface area (Å²) in [7, 11) is 0. The maximum absolute atomic E-state index is 13.3. The van der Waals surface area contributed by atoms with Crippen molar-refractivity contribution in [1.29, 1.82) is 0 Å². The summed E-state index contributed by atoms with van der Waals surface area (Å²) in [5.74, 6) is -0.927. The van der Waals surface area contributed by atoms with Gasteiger partial charge in [0.05, 0.1) is 6.04 Å². The Morgan fingerprint density at radius 1 is 1.15 bits per heavy atom. The van der Waals surface area contributed by atoms with E-state index in [1.54, 1.807) is 6.07 Å². The van der Waals surface area contributed by atoms with E-state index >= 15 is 0 Å². The molecule has 3 rings (SSSR count). The van der Waals surface area contributed by atoms with Gasteiger partial charge in [-0.2, -0.15) is 0 Å². The van der Waals surface area contributed by atoms with E-state index in [-0.39, 0.29) is 18.2 Å². The van der Waals surface area contributed by atoms with Crippen LogP contribution < -0.4 is 16.0 Å². The summed E-state index contributed by atoms with van der Waals surface area (Å²) in [5, 5.41) is 8.74. The normalized spacial score (nSPS) is 17.4. The Morgan fingerprint density at radius 3 is 2.51 bits per heavy atom. The summed E-state index contributed by atoms with van der Waals surface area (Å²) in [4.78, 5) is 50.1. The molecular formula is C30H38ClN3O5. The van der Waals surface area contributed by atoms with Crippen LogP contribution in [0.3, 0.4) is 0 Å². The first-order valence-electron chi connectivity index (χ1n) is 13.5. The molecule has 0 radical (unpaired) electrons. The lowest BCUT2D eigenvalue weighted by molar-refractivity contribution is -0.127. The molecule has 1 aliphatic rings. The SMILES string of the molecule is CCCC[C@H](NC(=O)O[C@H](c1ccccc1)C(C)(C)c1cccc(Cl)c1)C(=O)N[C@H](C=O)C[C@H]1CCNC1=O. The molecule has 210 valence electrons. The fraction of sp³-hybridized carbons (Fsp3) is 0.467. The Bertz CT molecular complexity index is 1140. The number of ether oxygens (including phenoxy) is 1. The third-order valence-corrected chi connectivity index (χ3v) is 7.43. The molecule has 1 saturated heterocycles. The minimum Gasteiger partial charge on any atom is -0.440 e. The standard InChI is InChI=1S/C30H38ClN3O5/c1-4-5-14-25(28(37)33-24(19-35)17-21-15-16-32-27(21)36)34-29(38)39-26(20-10-7-6-8-11-20)30(2,3)22-12-9-13-23(31)18-22/h6-13,18-19,21,24-26H,4-5,14-17H2,1-3H3,(H,32,36)(H,33,37)(H,34,38)/t21-,24+,25+,26-/m1/s1. The molecule has 0 aromatic heterocycles. The molecule has 3 N–H and O–H groups in total. The van der Waals surface area contributed by atoms with Crippen molar-refractivity contribution in [2.24, 2.45) is 5.92 Å². The molecule has 1 heterocycles. The molecule has 1 aliphatic heterocycles. The van der Waals surface area contributed by atoms with E-state index < -0.39 is 35.6 Å². The summed E-state index contributed by atoms with van der Waals surface area (Å²) in [6.07, 6.45) is 1.92. The van der Waals surface area contributed by atoms with E-state index in [9.17, 15) is 19.2 Å². The van der Waals surface area contributed by atoms with Gasteiger partial charge in [0.15, 0.2) is 0 Å². The minimum absolute atomic E-state index is 0.116. The van der Waals surface area contributed by atoms with Crippen LogP contribution in [0, 0.1) is 5.92 Å². The smallest absolute Gasteiger partial charge is 0.408 e. The summed E-state index contributed by atoms with van der Waals surface area (Å²) in [5.41, 5.74) is 1.03. The average molecular weight is 556 g/mol. The van der Waals surface area contributed by atoms with E-state index in [0.717, 1.165) is 17.5 Å². The van der Waals surface area contributed by atoms with E-state index in [4.69, 9.17) is 16.3 Å². The second-order valence-electron chi connectivity index (χ2n) is 10.5. The number of unbranched alkanes of at least 4 members (excludes halogenated alkanes) is 1. The lowest BCUT2D eigenvalue weighted by atomic mass is 9.76. The van der Waals surface area contributed by atoms with Crippen molar-refractivity contribution in [2.75, 3.05) is 6.54 Å². The highest BCUT2D eigenvalue weighted by molar-refractivity contribution is 6.30. The van der Waals surface area contributed by atoms with Crippen LogP contribution in [0.1, 0.15) is 70.1 Å². The lowest BCUT2D eigenvalue weighted by Gasteiger charge is -2.35. The predicted molar refractivity (Wildman–Crippen MR) is 150 cm³/mol. The molecule has 2 aromatic carbocycles. The Kier molecular flexibility index (Phi) is 10.9. The molecule has 9 heteroatoms. The number of amides is 3. The Morgan fingerprint density at radius 2 is 1.90 bits per heavy atom. The number of carbonyl (C=O) groups is 4. The van der Waals surface area contributed by atoms with Crippen molar-refractivity contribution < 1.29 is 23.9 Å². The highest BCUT2D eigenvalue weighted by Crippen LogP contribution is 2.40. The van der Waals surface area contributed by atoms with Crippen LogP contribution in [0.4, 0.5) is 4.79 Å². The number of hydrogen-bond acceptors (Lipinski definition) is 5. The van der Waals surface area contributed by atoms with Crippen molar-refractivity contribution in [3.63, 3.8) is 0 Å². The fourth-order valence-electron chi connectivity index (χ4n) is 4.87. The van der Waals surface area contributed by atoms with Gasteiger partial charge in [-0.25, -0.2) is 4.79 Å². The quantitative estimate of drug-likeness (QED) is 0.306. The third-order valence-electron chi connectivity index (χ3n) is 7.20. The van der Waals surface area contributed by atoms with Gasteiger partial charge >= 0.3 is 6.09 Å². The number of hydrogen-bond donors (Lipinski definition) is 3. The van der Waals surface area contributed by atoms with Crippen molar-refractivity contribution in [3.05, 3.63) is 70.7 Å². The molecule has 2 aromatic rings. The van der Waals surface area contributed by atoms with Crippen molar-refractivity contribution in [3.8, 4) is 0 Å². The van der Waals surface area contributed by atoms with Crippen LogP contribution in [0.25, 0.3) is 0 Å². The summed E-state index contributed by atoms with van der Waals surface area (Å²) >= 11 is 6.26. The fourth-order valence-corrected chi connectivity index (χ4v) is 5.06. The summed E-state index contributed by atoms with van der Waals surface area (Å²) in [6.45, 7) is 6.49. The highest BCUT2D eigenvalue weighted by atomic mass is 35.5. The van der Waals surface area contributed by atoms with Crippen LogP contribution >= 0.6 is 11.6 Å². The zero-order valence-corrected chi connectivity index (χ0v) is 23.5. The van der Waals surface area contributed by atoms with Gasteiger partial charge in [-0.15, -0.1) is 0 Å². The van der Waals surface area contributed by atoms with Crippen LogP contribution in [0.5, 0.6) is 0 Å². The van der Waals surface area contributed by atoms with Crippen molar-refractivity contribution in [1.82, 2.24) is 16.0 Å². The topological polar surface area (TPSA) is 114 Å². The minimum atomic E-state index is -0.900. The maximum Gasteiger partial charge on any atom is 0.408 e. The van der Waals surface area contributed by atoms with Gasteiger partial charge in [-0.1, -0.05) is 87.7 Å². The van der Waals surface area contributed by atoms with Crippen molar-refractivity contribution in [2.45, 2.75) is 76.5 Å². The molecule has 1 fully saturated rings. The number of carbonyl (C=O) groups excluding carboxylic acids is 4. The van der Waals surface area contributed by atoms with E-state index in [0.29, 0.717) is 37.1 Å². The molecule has 39 heavy (non-hydrogen) atoms. The van der Waals surface area contributed by atoms with Gasteiger partial charge in [0, 0.05) is 22.9 Å². The van der Waals surface area contributed by atoms with Gasteiger partial charge in [0.2, 0.25) is 11.8 Å². The highest BCUT2D eigenvalue weighted by Gasteiger charge is 2.37. The molecule has 0 bridgehead atoms. The van der Waals surface area contributed by atoms with Gasteiger partial charge in [0.1, 0.15) is 18.4 Å². The summed E-state index contributed by atoms with van der Waals surface area (Å²) < 4.78 is 6.01. The molecule has 0 unspecified atom stereocenters. The van der Waals surface area contributed by atoms with E-state index in [2.05, 4.69) is 16.0 Å². The van der Waals surface area contributed by atoms with Gasteiger partial charge in [-0.05, 0) is 42.5 Å². The largest absolute Gasteiger partial charge is 0.440 e. The summed E-state index contributed by atoms with van der Waals surface area (Å²) in [6, 6.07) is 15.1. The van der Waals surface area contributed by atoms with Crippen LogP contribution in [0.15, 0.2) is 54.6 Å². The third kappa shape index (κ3) is 8.30. The molecule has 8 nitrogen and oxygen atoms in total. The number of halogens is 1. The van der Waals surface area contributed by atoms with Gasteiger partial charge in [0.25, 0.3) is 0 Å². The second kappa shape index (κ2) is 14.1. The molecule has 0 aliphatic carbocycles. The number of alkyl carbamates (subject to hydrolysis) is 1. The number of nitrogens with one attached hydrogen (secondary N) is 3. The molecule has 3 amide bonds. The van der Waals surface area contributed by atoms with Crippen LogP contribution in [0.2, 0.25) is 5.02 Å². The Balaban J connectivity index is 1.76. The lowest BCUT2D eigenvalue weighted by Crippen LogP contribution is -2.51. The molecule has 4 atom stereocenters. The first kappa shape index (κ1) is 30.2. The first-order valence-corrected chi connectivity index (χ1v) is 13.8. The monoisotopic (exact) mass is 555 g/mol.